The number of nitrogens with zero attached hydrogens (tertiary/aromatic N) is 2. The fraction of sp³-hybridized carbons (Fsp3) is 0.429. The summed E-state index contributed by atoms with van der Waals surface area (Å²) >= 11 is 3.38. The van der Waals surface area contributed by atoms with Crippen LogP contribution in [0.2, 0.25) is 0 Å². The first-order valence-corrected chi connectivity index (χ1v) is 7.36. The van der Waals surface area contributed by atoms with Crippen molar-refractivity contribution in [1.29, 1.82) is 0 Å². The van der Waals surface area contributed by atoms with Gasteiger partial charge in [0, 0.05) is 31.3 Å². The van der Waals surface area contributed by atoms with Crippen LogP contribution in [-0.4, -0.2) is 36.4 Å². The molecule has 0 aliphatic rings. The Hall–Kier alpha value is -1.24. The van der Waals surface area contributed by atoms with Crippen molar-refractivity contribution < 1.29 is 4.74 Å². The Kier molecular flexibility index (Phi) is 5.70. The summed E-state index contributed by atoms with van der Waals surface area (Å²) in [5.74, 6) is 0. The van der Waals surface area contributed by atoms with Gasteiger partial charge in [-0.25, -0.2) is 4.98 Å². The average molecular weight is 340 g/mol. The third-order valence-corrected chi connectivity index (χ3v) is 3.51. The van der Waals surface area contributed by atoms with Crippen molar-refractivity contribution in [2.24, 2.45) is 0 Å². The molecule has 108 valence electrons. The lowest BCUT2D eigenvalue weighted by molar-refractivity contribution is 0.194. The first kappa shape index (κ1) is 15.2. The number of aromatic nitrogens is 2. The predicted molar refractivity (Wildman–Crippen MR) is 83.1 cm³/mol. The Balaban J connectivity index is 2.00. The summed E-state index contributed by atoms with van der Waals surface area (Å²) in [6, 6.07) is 5.54. The molecule has 1 N–H and O–H groups in total. The monoisotopic (exact) mass is 339 g/mol. The molecule has 1 heterocycles. The van der Waals surface area contributed by atoms with Crippen LogP contribution in [0, 0.1) is 0 Å². The molecule has 2 rings (SSSR count). The molecule has 0 fully saturated rings. The summed E-state index contributed by atoms with van der Waals surface area (Å²) in [5, 5.41) is 3.92. The molecule has 1 aromatic carbocycles. The quantitative estimate of drug-likeness (QED) is 0.781. The molecule has 0 amide bonds. The predicted octanol–water partition coefficient (Wildman–Crippen LogP) is 1.79. The average Bonchev–Trinajstić information content (AvgIpc) is 2.45. The van der Waals surface area contributed by atoms with Gasteiger partial charge in [0.2, 0.25) is 0 Å². The number of ether oxygens (including phenoxy) is 1. The summed E-state index contributed by atoms with van der Waals surface area (Å²) in [4.78, 5) is 16.6. The van der Waals surface area contributed by atoms with Gasteiger partial charge in [-0.2, -0.15) is 0 Å². The first-order chi connectivity index (χ1) is 9.72. The summed E-state index contributed by atoms with van der Waals surface area (Å²) in [6.07, 6.45) is 2.57. The molecule has 0 radical (unpaired) electrons. The van der Waals surface area contributed by atoms with E-state index in [1.165, 1.54) is 0 Å². The molecule has 20 heavy (non-hydrogen) atoms. The zero-order valence-corrected chi connectivity index (χ0v) is 13.0. The van der Waals surface area contributed by atoms with Crippen molar-refractivity contribution in [1.82, 2.24) is 14.9 Å². The number of methoxy groups -OCH3 is 1. The third-order valence-electron chi connectivity index (χ3n) is 3.02. The zero-order chi connectivity index (χ0) is 14.4. The lowest BCUT2D eigenvalue weighted by atomic mass is 10.2. The van der Waals surface area contributed by atoms with Crippen LogP contribution in [0.15, 0.2) is 33.8 Å². The first-order valence-electron chi connectivity index (χ1n) is 6.57. The van der Waals surface area contributed by atoms with E-state index in [2.05, 4.69) is 26.2 Å². The second-order valence-electron chi connectivity index (χ2n) is 4.50. The van der Waals surface area contributed by atoms with Gasteiger partial charge in [0.15, 0.2) is 0 Å². The molecule has 6 heteroatoms. The Morgan fingerprint density at radius 3 is 3.05 bits per heavy atom. The van der Waals surface area contributed by atoms with E-state index < -0.39 is 0 Å². The lowest BCUT2D eigenvalue weighted by Crippen LogP contribution is -2.28. The molecule has 2 aromatic rings. The van der Waals surface area contributed by atoms with Gasteiger partial charge in [-0.3, -0.25) is 9.36 Å². The molecule has 5 nitrogen and oxygen atoms in total. The van der Waals surface area contributed by atoms with E-state index in [0.717, 1.165) is 36.1 Å². The summed E-state index contributed by atoms with van der Waals surface area (Å²) in [7, 11) is 1.69. The number of hydrogen-bond donors (Lipinski definition) is 1. The Morgan fingerprint density at radius 2 is 2.25 bits per heavy atom. The maximum atomic E-state index is 12.3. The minimum Gasteiger partial charge on any atom is -0.385 e. The highest BCUT2D eigenvalue weighted by atomic mass is 79.9. The minimum absolute atomic E-state index is 0.00464. The standard InChI is InChI=1S/C14H18BrN3O2/c1-20-8-2-5-16-6-7-18-10-17-13-4-3-11(15)9-12(13)14(18)19/h3-4,9-10,16H,2,5-8H2,1H3. The van der Waals surface area contributed by atoms with E-state index in [1.54, 1.807) is 18.0 Å². The molecule has 0 bridgehead atoms. The fourth-order valence-corrected chi connectivity index (χ4v) is 2.32. The van der Waals surface area contributed by atoms with Crippen LogP contribution in [0.1, 0.15) is 6.42 Å². The van der Waals surface area contributed by atoms with Gasteiger partial charge in [-0.1, -0.05) is 15.9 Å². The van der Waals surface area contributed by atoms with Gasteiger partial charge in [0.1, 0.15) is 0 Å². The number of fused-ring (bicyclic) bond motifs is 1. The normalized spacial score (nSPS) is 11.1. The van der Waals surface area contributed by atoms with Gasteiger partial charge in [0.05, 0.1) is 17.2 Å². The molecule has 0 saturated heterocycles. The number of nitrogens with one attached hydrogen (secondary N) is 1. The molecular weight excluding hydrogens is 322 g/mol. The Morgan fingerprint density at radius 1 is 1.40 bits per heavy atom. The Bertz CT molecular complexity index is 627. The SMILES string of the molecule is COCCCNCCn1cnc2ccc(Br)cc2c1=O. The number of benzene rings is 1. The van der Waals surface area contributed by atoms with E-state index in [-0.39, 0.29) is 5.56 Å². The van der Waals surface area contributed by atoms with Gasteiger partial charge < -0.3 is 10.1 Å². The topological polar surface area (TPSA) is 56.1 Å². The summed E-state index contributed by atoms with van der Waals surface area (Å²) in [6.45, 7) is 2.99. The number of hydrogen-bond acceptors (Lipinski definition) is 4. The van der Waals surface area contributed by atoms with E-state index in [9.17, 15) is 4.79 Å². The highest BCUT2D eigenvalue weighted by Gasteiger charge is 2.04. The summed E-state index contributed by atoms with van der Waals surface area (Å²) in [5.41, 5.74) is 0.720. The minimum atomic E-state index is -0.00464. The second kappa shape index (κ2) is 7.52. The van der Waals surface area contributed by atoms with Gasteiger partial charge in [0.25, 0.3) is 5.56 Å². The van der Waals surface area contributed by atoms with Crippen molar-refractivity contribution in [3.63, 3.8) is 0 Å². The van der Waals surface area contributed by atoms with Crippen LogP contribution in [0.3, 0.4) is 0 Å². The molecule has 0 atom stereocenters. The van der Waals surface area contributed by atoms with Crippen LogP contribution >= 0.6 is 15.9 Å². The molecule has 0 unspecified atom stereocenters. The lowest BCUT2D eigenvalue weighted by Gasteiger charge is -2.08. The Labute approximate surface area is 126 Å². The molecule has 0 aliphatic heterocycles. The van der Waals surface area contributed by atoms with Crippen molar-refractivity contribution in [3.05, 3.63) is 39.4 Å². The molecule has 0 saturated carbocycles. The van der Waals surface area contributed by atoms with E-state index in [0.29, 0.717) is 11.9 Å². The van der Waals surface area contributed by atoms with E-state index in [1.807, 2.05) is 18.2 Å². The largest absolute Gasteiger partial charge is 0.385 e. The maximum absolute atomic E-state index is 12.3. The van der Waals surface area contributed by atoms with Crippen molar-refractivity contribution in [3.8, 4) is 0 Å². The van der Waals surface area contributed by atoms with E-state index >= 15 is 0 Å². The zero-order valence-electron chi connectivity index (χ0n) is 11.4. The van der Waals surface area contributed by atoms with Crippen LogP contribution in [-0.2, 0) is 11.3 Å². The number of halogens is 1. The molecule has 0 aliphatic carbocycles. The van der Waals surface area contributed by atoms with Crippen LogP contribution in [0.25, 0.3) is 10.9 Å². The molecular formula is C14H18BrN3O2. The van der Waals surface area contributed by atoms with Crippen molar-refractivity contribution in [2.75, 3.05) is 26.8 Å². The summed E-state index contributed by atoms with van der Waals surface area (Å²) < 4.78 is 7.50. The highest BCUT2D eigenvalue weighted by molar-refractivity contribution is 9.10. The van der Waals surface area contributed by atoms with Gasteiger partial charge in [-0.15, -0.1) is 0 Å². The second-order valence-corrected chi connectivity index (χ2v) is 5.42. The fourth-order valence-electron chi connectivity index (χ4n) is 1.96. The van der Waals surface area contributed by atoms with Gasteiger partial charge >= 0.3 is 0 Å². The number of rotatable bonds is 7. The van der Waals surface area contributed by atoms with Crippen LogP contribution in [0.4, 0.5) is 0 Å². The molecule has 0 spiro atoms. The van der Waals surface area contributed by atoms with Crippen LogP contribution < -0.4 is 10.9 Å². The van der Waals surface area contributed by atoms with E-state index in [4.69, 9.17) is 4.74 Å². The van der Waals surface area contributed by atoms with Crippen molar-refractivity contribution in [2.45, 2.75) is 13.0 Å². The molecule has 1 aromatic heterocycles. The van der Waals surface area contributed by atoms with Crippen molar-refractivity contribution >= 4 is 26.8 Å². The third kappa shape index (κ3) is 3.88. The van der Waals surface area contributed by atoms with Crippen LogP contribution in [0.5, 0.6) is 0 Å². The highest BCUT2D eigenvalue weighted by Crippen LogP contribution is 2.14. The van der Waals surface area contributed by atoms with Gasteiger partial charge in [-0.05, 0) is 31.2 Å². The maximum Gasteiger partial charge on any atom is 0.261 e. The smallest absolute Gasteiger partial charge is 0.261 e.